The van der Waals surface area contributed by atoms with Crippen molar-refractivity contribution >= 4 is 11.6 Å². The van der Waals surface area contributed by atoms with Crippen LogP contribution in [0.4, 0.5) is 0 Å². The van der Waals surface area contributed by atoms with E-state index in [4.69, 9.17) is 16.3 Å². The molecular formula is C7H13ClO3. The van der Waals surface area contributed by atoms with Crippen LogP contribution in [0.5, 0.6) is 0 Å². The fourth-order valence-corrected chi connectivity index (χ4v) is 1.56. The lowest BCUT2D eigenvalue weighted by molar-refractivity contribution is -0.256. The minimum Gasteiger partial charge on any atom is -0.393 e. The first-order valence-electron chi connectivity index (χ1n) is 3.68. The summed E-state index contributed by atoms with van der Waals surface area (Å²) in [6.07, 6.45) is 0.0537. The predicted octanol–water partition coefficient (Wildman–Crippen LogP) is 0.474. The SMILES string of the molecule is C[C@@]1(O)C[C@H](O)C[C@@H](CCl)O1. The number of rotatable bonds is 1. The van der Waals surface area contributed by atoms with Gasteiger partial charge in [0.1, 0.15) is 0 Å². The summed E-state index contributed by atoms with van der Waals surface area (Å²) in [4.78, 5) is 0. The molecule has 11 heavy (non-hydrogen) atoms. The summed E-state index contributed by atoms with van der Waals surface area (Å²) >= 11 is 5.53. The molecular weight excluding hydrogens is 168 g/mol. The summed E-state index contributed by atoms with van der Waals surface area (Å²) < 4.78 is 5.16. The molecule has 0 saturated carbocycles. The molecule has 2 N–H and O–H groups in total. The minimum atomic E-state index is -1.21. The van der Waals surface area contributed by atoms with Crippen LogP contribution in [-0.2, 0) is 4.74 Å². The van der Waals surface area contributed by atoms with E-state index in [1.165, 1.54) is 6.92 Å². The van der Waals surface area contributed by atoms with E-state index in [1.807, 2.05) is 0 Å². The van der Waals surface area contributed by atoms with Crippen LogP contribution in [-0.4, -0.2) is 34.1 Å². The number of alkyl halides is 1. The molecule has 0 spiro atoms. The van der Waals surface area contributed by atoms with Crippen molar-refractivity contribution in [2.24, 2.45) is 0 Å². The number of ether oxygens (including phenoxy) is 1. The predicted molar refractivity (Wildman–Crippen MR) is 41.5 cm³/mol. The Bertz CT molecular complexity index is 138. The molecule has 0 aromatic carbocycles. The van der Waals surface area contributed by atoms with E-state index in [9.17, 15) is 10.2 Å². The zero-order valence-corrected chi connectivity index (χ0v) is 7.21. The van der Waals surface area contributed by atoms with Crippen molar-refractivity contribution < 1.29 is 14.9 Å². The molecule has 1 rings (SSSR count). The van der Waals surface area contributed by atoms with Crippen molar-refractivity contribution in [2.75, 3.05) is 5.88 Å². The summed E-state index contributed by atoms with van der Waals surface area (Å²) in [6.45, 7) is 1.54. The molecule has 0 unspecified atom stereocenters. The van der Waals surface area contributed by atoms with E-state index < -0.39 is 11.9 Å². The Balaban J connectivity index is 2.51. The third-order valence-electron chi connectivity index (χ3n) is 1.74. The monoisotopic (exact) mass is 180 g/mol. The summed E-state index contributed by atoms with van der Waals surface area (Å²) in [5, 5.41) is 18.7. The largest absolute Gasteiger partial charge is 0.393 e. The molecule has 1 aliphatic heterocycles. The second-order valence-corrected chi connectivity index (χ2v) is 3.47. The Morgan fingerprint density at radius 2 is 2.36 bits per heavy atom. The molecule has 1 fully saturated rings. The van der Waals surface area contributed by atoms with Gasteiger partial charge in [-0.2, -0.15) is 0 Å². The lowest BCUT2D eigenvalue weighted by atomic mass is 10.0. The van der Waals surface area contributed by atoms with Crippen molar-refractivity contribution in [3.05, 3.63) is 0 Å². The maximum absolute atomic E-state index is 9.41. The molecule has 3 nitrogen and oxygen atoms in total. The first-order valence-corrected chi connectivity index (χ1v) is 4.21. The summed E-state index contributed by atoms with van der Waals surface area (Å²) in [7, 11) is 0. The Morgan fingerprint density at radius 1 is 1.73 bits per heavy atom. The highest BCUT2D eigenvalue weighted by molar-refractivity contribution is 6.18. The molecule has 0 bridgehead atoms. The summed E-state index contributed by atoms with van der Waals surface area (Å²) in [5.74, 6) is -0.898. The first kappa shape index (κ1) is 9.26. The van der Waals surface area contributed by atoms with Crippen molar-refractivity contribution in [1.29, 1.82) is 0 Å². The normalized spacial score (nSPS) is 45.8. The van der Waals surface area contributed by atoms with Gasteiger partial charge in [-0.05, 0) is 6.92 Å². The molecule has 1 aliphatic rings. The Morgan fingerprint density at radius 3 is 2.82 bits per heavy atom. The minimum absolute atomic E-state index is 0.226. The van der Waals surface area contributed by atoms with Gasteiger partial charge in [-0.25, -0.2) is 0 Å². The molecule has 1 saturated heterocycles. The van der Waals surface area contributed by atoms with Crippen LogP contribution in [0.3, 0.4) is 0 Å². The van der Waals surface area contributed by atoms with Gasteiger partial charge in [0, 0.05) is 18.7 Å². The maximum atomic E-state index is 9.41. The standard InChI is InChI=1S/C7H13ClO3/c1-7(10)3-5(9)2-6(4-8)11-7/h5-6,9-10H,2-4H2,1H3/t5-,6+,7+/m1/s1. The van der Waals surface area contributed by atoms with Crippen LogP contribution in [0.15, 0.2) is 0 Å². The molecule has 0 aromatic rings. The van der Waals surface area contributed by atoms with Gasteiger partial charge in [-0.1, -0.05) is 0 Å². The number of aliphatic hydroxyl groups is 2. The second kappa shape index (κ2) is 3.27. The van der Waals surface area contributed by atoms with Crippen LogP contribution in [0.1, 0.15) is 19.8 Å². The highest BCUT2D eigenvalue weighted by atomic mass is 35.5. The molecule has 3 atom stereocenters. The molecule has 4 heteroatoms. The van der Waals surface area contributed by atoms with E-state index in [0.717, 1.165) is 0 Å². The molecule has 1 heterocycles. The number of halogens is 1. The van der Waals surface area contributed by atoms with Crippen LogP contribution in [0.25, 0.3) is 0 Å². The third kappa shape index (κ3) is 2.60. The number of hydrogen-bond donors (Lipinski definition) is 2. The quantitative estimate of drug-likeness (QED) is 0.577. The summed E-state index contributed by atoms with van der Waals surface area (Å²) in [5.41, 5.74) is 0. The van der Waals surface area contributed by atoms with E-state index in [2.05, 4.69) is 0 Å². The molecule has 0 amide bonds. The molecule has 0 radical (unpaired) electrons. The van der Waals surface area contributed by atoms with Gasteiger partial charge in [0.15, 0.2) is 5.79 Å². The average molecular weight is 181 g/mol. The maximum Gasteiger partial charge on any atom is 0.165 e. The second-order valence-electron chi connectivity index (χ2n) is 3.16. The topological polar surface area (TPSA) is 49.7 Å². The van der Waals surface area contributed by atoms with E-state index in [1.54, 1.807) is 0 Å². The summed E-state index contributed by atoms with van der Waals surface area (Å²) in [6, 6.07) is 0. The molecule has 0 aromatic heterocycles. The van der Waals surface area contributed by atoms with Crippen molar-refractivity contribution in [3.63, 3.8) is 0 Å². The van der Waals surface area contributed by atoms with Gasteiger partial charge >= 0.3 is 0 Å². The fraction of sp³-hybridized carbons (Fsp3) is 1.00. The lowest BCUT2D eigenvalue weighted by Crippen LogP contribution is -2.44. The highest BCUT2D eigenvalue weighted by Gasteiger charge is 2.35. The Kier molecular flexibility index (Phi) is 2.75. The van der Waals surface area contributed by atoms with E-state index in [0.29, 0.717) is 12.3 Å². The van der Waals surface area contributed by atoms with Gasteiger partial charge in [0.25, 0.3) is 0 Å². The number of aliphatic hydroxyl groups excluding tert-OH is 1. The smallest absolute Gasteiger partial charge is 0.165 e. The Hall–Kier alpha value is 0.170. The van der Waals surface area contributed by atoms with Crippen LogP contribution < -0.4 is 0 Å². The van der Waals surface area contributed by atoms with Crippen LogP contribution >= 0.6 is 11.6 Å². The lowest BCUT2D eigenvalue weighted by Gasteiger charge is -2.36. The third-order valence-corrected chi connectivity index (χ3v) is 2.09. The van der Waals surface area contributed by atoms with Gasteiger partial charge in [-0.15, -0.1) is 11.6 Å². The zero-order chi connectivity index (χ0) is 8.48. The van der Waals surface area contributed by atoms with Crippen molar-refractivity contribution in [1.82, 2.24) is 0 Å². The van der Waals surface area contributed by atoms with Gasteiger partial charge in [0.2, 0.25) is 0 Å². The highest BCUT2D eigenvalue weighted by Crippen LogP contribution is 2.26. The zero-order valence-electron chi connectivity index (χ0n) is 6.46. The van der Waals surface area contributed by atoms with E-state index in [-0.39, 0.29) is 12.5 Å². The average Bonchev–Trinajstić information content (AvgIpc) is 1.83. The van der Waals surface area contributed by atoms with Crippen LogP contribution in [0.2, 0.25) is 0 Å². The molecule has 66 valence electrons. The first-order chi connectivity index (χ1) is 5.03. The molecule has 0 aliphatic carbocycles. The fourth-order valence-electron chi connectivity index (χ4n) is 1.37. The van der Waals surface area contributed by atoms with Crippen molar-refractivity contribution in [2.45, 2.75) is 37.8 Å². The van der Waals surface area contributed by atoms with Gasteiger partial charge in [0.05, 0.1) is 12.2 Å². The van der Waals surface area contributed by atoms with Gasteiger partial charge < -0.3 is 14.9 Å². The Labute approximate surface area is 70.9 Å². The number of hydrogen-bond acceptors (Lipinski definition) is 3. The van der Waals surface area contributed by atoms with Crippen LogP contribution in [0, 0.1) is 0 Å². The van der Waals surface area contributed by atoms with E-state index >= 15 is 0 Å². The van der Waals surface area contributed by atoms with Gasteiger partial charge in [-0.3, -0.25) is 0 Å². The van der Waals surface area contributed by atoms with Crippen molar-refractivity contribution in [3.8, 4) is 0 Å².